The Morgan fingerprint density at radius 2 is 2.19 bits per heavy atom. The maximum atomic E-state index is 13.0. The maximum absolute atomic E-state index is 13.0. The number of methoxy groups -OCH3 is 1. The van der Waals surface area contributed by atoms with E-state index in [2.05, 4.69) is 16.4 Å². The number of nitrogens with zero attached hydrogens (tertiary/aromatic N) is 1. The van der Waals surface area contributed by atoms with Crippen molar-refractivity contribution in [3.05, 3.63) is 52.8 Å². The molecule has 0 atom stereocenters. The van der Waals surface area contributed by atoms with Crippen molar-refractivity contribution in [2.24, 2.45) is 5.10 Å². The third kappa shape index (κ3) is 6.20. The number of hydrogen-bond donors (Lipinski definition) is 1. The molecule has 0 aliphatic carbocycles. The first-order chi connectivity index (χ1) is 13.0. The van der Waals surface area contributed by atoms with Crippen LogP contribution in [-0.4, -0.2) is 32.4 Å². The smallest absolute Gasteiger partial charge is 0.277 e. The Balaban J connectivity index is 1.94. The number of hydrogen-bond acceptors (Lipinski definition) is 5. The van der Waals surface area contributed by atoms with Crippen LogP contribution in [0.1, 0.15) is 5.56 Å². The summed E-state index contributed by atoms with van der Waals surface area (Å²) in [6, 6.07) is 8.67. The molecule has 0 heterocycles. The highest BCUT2D eigenvalue weighted by Crippen LogP contribution is 2.35. The average molecular weight is 391 g/mol. The molecule has 0 bridgehead atoms. The molecule has 0 fully saturated rings. The monoisotopic (exact) mass is 390 g/mol. The molecule has 0 aliphatic heterocycles. The Kier molecular flexibility index (Phi) is 7.47. The number of nitrogens with one attached hydrogen (secondary N) is 1. The van der Waals surface area contributed by atoms with Crippen molar-refractivity contribution in [3.63, 3.8) is 0 Å². The molecular formula is C19H16ClFN2O4. The number of benzene rings is 2. The van der Waals surface area contributed by atoms with Gasteiger partial charge < -0.3 is 14.2 Å². The first kappa shape index (κ1) is 20.1. The summed E-state index contributed by atoms with van der Waals surface area (Å²) in [7, 11) is 1.46. The van der Waals surface area contributed by atoms with E-state index in [1.165, 1.54) is 37.6 Å². The van der Waals surface area contributed by atoms with E-state index in [9.17, 15) is 9.18 Å². The second-order valence-electron chi connectivity index (χ2n) is 5.07. The average Bonchev–Trinajstić information content (AvgIpc) is 2.65. The van der Waals surface area contributed by atoms with Crippen LogP contribution in [0.25, 0.3) is 0 Å². The number of carbonyl (C=O) groups is 1. The van der Waals surface area contributed by atoms with Gasteiger partial charge in [0.15, 0.2) is 18.1 Å². The first-order valence-electron chi connectivity index (χ1n) is 7.67. The molecule has 8 heteroatoms. The largest absolute Gasteiger partial charge is 0.493 e. The zero-order valence-electron chi connectivity index (χ0n) is 14.4. The quantitative estimate of drug-likeness (QED) is 0.427. The summed E-state index contributed by atoms with van der Waals surface area (Å²) >= 11 is 6.15. The Hall–Kier alpha value is -3.24. The molecule has 1 N–H and O–H groups in total. The van der Waals surface area contributed by atoms with Crippen LogP contribution in [-0.2, 0) is 4.79 Å². The number of amides is 1. The molecular weight excluding hydrogens is 375 g/mol. The van der Waals surface area contributed by atoms with Crippen molar-refractivity contribution >= 4 is 23.7 Å². The fourth-order valence-electron chi connectivity index (χ4n) is 1.98. The van der Waals surface area contributed by atoms with E-state index in [4.69, 9.17) is 32.2 Å². The van der Waals surface area contributed by atoms with Crippen molar-refractivity contribution < 1.29 is 23.4 Å². The number of terminal acetylenes is 1. The molecule has 2 aromatic rings. The molecule has 140 valence electrons. The van der Waals surface area contributed by atoms with Gasteiger partial charge in [-0.25, -0.2) is 9.82 Å². The summed E-state index contributed by atoms with van der Waals surface area (Å²) < 4.78 is 28.7. The molecule has 2 rings (SSSR count). The predicted octanol–water partition coefficient (Wildman–Crippen LogP) is 3.03. The summed E-state index contributed by atoms with van der Waals surface area (Å²) in [4.78, 5) is 11.7. The van der Waals surface area contributed by atoms with E-state index in [0.29, 0.717) is 17.1 Å². The van der Waals surface area contributed by atoms with E-state index in [1.54, 1.807) is 12.1 Å². The van der Waals surface area contributed by atoms with Crippen LogP contribution in [0.15, 0.2) is 41.5 Å². The van der Waals surface area contributed by atoms with Crippen LogP contribution in [0.5, 0.6) is 17.2 Å². The van der Waals surface area contributed by atoms with E-state index in [0.717, 1.165) is 0 Å². The lowest BCUT2D eigenvalue weighted by molar-refractivity contribution is -0.123. The van der Waals surface area contributed by atoms with Crippen LogP contribution in [0.3, 0.4) is 0 Å². The molecule has 0 radical (unpaired) electrons. The number of carbonyl (C=O) groups excluding carboxylic acids is 1. The van der Waals surface area contributed by atoms with E-state index in [-0.39, 0.29) is 24.0 Å². The predicted molar refractivity (Wildman–Crippen MR) is 100.0 cm³/mol. The van der Waals surface area contributed by atoms with Crippen molar-refractivity contribution in [3.8, 4) is 29.6 Å². The SMILES string of the molecule is C#CCOc1c(Cl)cc(/C=N\NC(=O)COc2cccc(F)c2)cc1OC. The summed E-state index contributed by atoms with van der Waals surface area (Å²) in [6.07, 6.45) is 6.54. The van der Waals surface area contributed by atoms with Gasteiger partial charge in [-0.05, 0) is 29.8 Å². The van der Waals surface area contributed by atoms with E-state index < -0.39 is 11.7 Å². The number of hydrazone groups is 1. The topological polar surface area (TPSA) is 69.2 Å². The van der Waals surface area contributed by atoms with Crippen molar-refractivity contribution in [2.75, 3.05) is 20.3 Å². The van der Waals surface area contributed by atoms with Gasteiger partial charge >= 0.3 is 0 Å². The lowest BCUT2D eigenvalue weighted by Gasteiger charge is -2.11. The highest BCUT2D eigenvalue weighted by molar-refractivity contribution is 6.32. The van der Waals surface area contributed by atoms with Crippen LogP contribution in [0.2, 0.25) is 5.02 Å². The Labute approximate surface area is 160 Å². The summed E-state index contributed by atoms with van der Waals surface area (Å²) in [5.74, 6) is 2.32. The van der Waals surface area contributed by atoms with Gasteiger partial charge in [0.25, 0.3) is 5.91 Å². The van der Waals surface area contributed by atoms with Gasteiger partial charge in [0.1, 0.15) is 18.2 Å². The second kappa shape index (κ2) is 10.0. The molecule has 0 saturated heterocycles. The number of halogens is 2. The van der Waals surface area contributed by atoms with Gasteiger partial charge in [0.2, 0.25) is 0 Å². The molecule has 6 nitrogen and oxygen atoms in total. The van der Waals surface area contributed by atoms with Gasteiger partial charge in [-0.15, -0.1) is 6.42 Å². The Morgan fingerprint density at radius 1 is 1.37 bits per heavy atom. The molecule has 0 aliphatic rings. The molecule has 2 aromatic carbocycles. The Bertz CT molecular complexity index is 880. The van der Waals surface area contributed by atoms with Crippen molar-refractivity contribution in [1.29, 1.82) is 0 Å². The molecule has 0 saturated carbocycles. The fourth-order valence-corrected chi connectivity index (χ4v) is 2.26. The van der Waals surface area contributed by atoms with E-state index >= 15 is 0 Å². The van der Waals surface area contributed by atoms with Crippen molar-refractivity contribution in [2.45, 2.75) is 0 Å². The van der Waals surface area contributed by atoms with Gasteiger partial charge in [-0.3, -0.25) is 4.79 Å². The van der Waals surface area contributed by atoms with Gasteiger partial charge in [0, 0.05) is 6.07 Å². The van der Waals surface area contributed by atoms with E-state index in [1.807, 2.05) is 0 Å². The zero-order chi connectivity index (χ0) is 19.6. The van der Waals surface area contributed by atoms with Crippen LogP contribution in [0.4, 0.5) is 4.39 Å². The highest BCUT2D eigenvalue weighted by atomic mass is 35.5. The molecule has 1 amide bonds. The second-order valence-corrected chi connectivity index (χ2v) is 5.47. The summed E-state index contributed by atoms with van der Waals surface area (Å²) in [6.45, 7) is -0.269. The van der Waals surface area contributed by atoms with Gasteiger partial charge in [-0.2, -0.15) is 5.10 Å². The molecule has 0 aromatic heterocycles. The number of rotatable bonds is 8. The van der Waals surface area contributed by atoms with Crippen LogP contribution in [0, 0.1) is 18.2 Å². The minimum absolute atomic E-state index is 0.0465. The third-order valence-corrected chi connectivity index (χ3v) is 3.40. The van der Waals surface area contributed by atoms with Crippen LogP contribution < -0.4 is 19.6 Å². The van der Waals surface area contributed by atoms with Crippen LogP contribution >= 0.6 is 11.6 Å². The normalized spacial score (nSPS) is 10.3. The first-order valence-corrected chi connectivity index (χ1v) is 8.05. The lowest BCUT2D eigenvalue weighted by Crippen LogP contribution is -2.24. The zero-order valence-corrected chi connectivity index (χ0v) is 15.1. The minimum atomic E-state index is -0.512. The lowest BCUT2D eigenvalue weighted by atomic mass is 10.2. The van der Waals surface area contributed by atoms with Gasteiger partial charge in [0.05, 0.1) is 18.3 Å². The number of ether oxygens (including phenoxy) is 3. The molecule has 0 unspecified atom stereocenters. The Morgan fingerprint density at radius 3 is 2.89 bits per heavy atom. The maximum Gasteiger partial charge on any atom is 0.277 e. The highest BCUT2D eigenvalue weighted by Gasteiger charge is 2.11. The van der Waals surface area contributed by atoms with Gasteiger partial charge in [-0.1, -0.05) is 23.6 Å². The molecule has 0 spiro atoms. The minimum Gasteiger partial charge on any atom is -0.493 e. The van der Waals surface area contributed by atoms with Crippen molar-refractivity contribution in [1.82, 2.24) is 5.43 Å². The summed E-state index contributed by atoms with van der Waals surface area (Å²) in [5.41, 5.74) is 2.86. The standard InChI is InChI=1S/C19H16ClFN2O4/c1-3-7-26-19-16(20)8-13(9-17(19)25-2)11-22-23-18(24)12-27-15-6-4-5-14(21)10-15/h1,4-6,8-11H,7,12H2,2H3,(H,23,24)/b22-11-. The summed E-state index contributed by atoms with van der Waals surface area (Å²) in [5, 5.41) is 4.10. The fraction of sp³-hybridized carbons (Fsp3) is 0.158. The molecule has 27 heavy (non-hydrogen) atoms. The third-order valence-electron chi connectivity index (χ3n) is 3.12.